The molecule has 0 spiro atoms. The Morgan fingerprint density at radius 2 is 1.91 bits per heavy atom. The molecule has 0 radical (unpaired) electrons. The number of rotatable bonds is 3. The smallest absolute Gasteiger partial charge is 0.333 e. The van der Waals surface area contributed by atoms with E-state index in [-0.39, 0.29) is 18.5 Å². The first-order valence-electron chi connectivity index (χ1n) is 10.5. The van der Waals surface area contributed by atoms with Crippen LogP contribution < -0.4 is 5.32 Å². The fraction of sp³-hybridized carbons (Fsp3) is 0.292. The molecule has 7 nitrogen and oxygen atoms in total. The minimum absolute atomic E-state index is 0.0899. The summed E-state index contributed by atoms with van der Waals surface area (Å²) in [7, 11) is 1.28. The van der Waals surface area contributed by atoms with Gasteiger partial charge in [0.25, 0.3) is 5.91 Å². The van der Waals surface area contributed by atoms with Crippen molar-refractivity contribution in [3.05, 3.63) is 71.2 Å². The van der Waals surface area contributed by atoms with Crippen LogP contribution in [0.4, 0.5) is 4.39 Å². The molecule has 2 atom stereocenters. The highest BCUT2D eigenvalue weighted by atomic mass is 19.1. The Bertz CT molecular complexity index is 1250. The second-order valence-corrected chi connectivity index (χ2v) is 8.12. The highest BCUT2D eigenvalue weighted by Gasteiger charge is 2.58. The van der Waals surface area contributed by atoms with Gasteiger partial charge in [-0.2, -0.15) is 0 Å². The standard InChI is InChI=1S/C24H22FN3O4/c1-32-23(31)24(20-15(10-12-26-24)14-6-3-5-9-19(14)27-20)17-11-13-28(22(17)30)21(29)16-7-2-4-8-18(16)25/h2-9,17,26-27H,10-13H2,1H3/t17-,24+/m0/s1. The molecule has 2 aliphatic heterocycles. The van der Waals surface area contributed by atoms with E-state index < -0.39 is 35.1 Å². The lowest BCUT2D eigenvalue weighted by Crippen LogP contribution is -2.60. The van der Waals surface area contributed by atoms with Gasteiger partial charge in [0.2, 0.25) is 5.91 Å². The van der Waals surface area contributed by atoms with Crippen molar-refractivity contribution >= 4 is 28.7 Å². The molecule has 0 bridgehead atoms. The predicted octanol–water partition coefficient (Wildman–Crippen LogP) is 2.51. The summed E-state index contributed by atoms with van der Waals surface area (Å²) in [5.41, 5.74) is 0.783. The predicted molar refractivity (Wildman–Crippen MR) is 114 cm³/mol. The van der Waals surface area contributed by atoms with Crippen LogP contribution in [-0.2, 0) is 26.3 Å². The zero-order chi connectivity index (χ0) is 22.5. The molecular weight excluding hydrogens is 413 g/mol. The van der Waals surface area contributed by atoms with Gasteiger partial charge in [-0.05, 0) is 36.6 Å². The average molecular weight is 435 g/mol. The number of benzene rings is 2. The van der Waals surface area contributed by atoms with E-state index >= 15 is 0 Å². The van der Waals surface area contributed by atoms with E-state index in [1.165, 1.54) is 25.3 Å². The zero-order valence-electron chi connectivity index (χ0n) is 17.5. The van der Waals surface area contributed by atoms with E-state index in [1.54, 1.807) is 6.07 Å². The largest absolute Gasteiger partial charge is 0.467 e. The molecule has 0 aliphatic carbocycles. The van der Waals surface area contributed by atoms with Crippen molar-refractivity contribution in [1.29, 1.82) is 0 Å². The second-order valence-electron chi connectivity index (χ2n) is 8.12. The number of carbonyl (C=O) groups excluding carboxylic acids is 3. The summed E-state index contributed by atoms with van der Waals surface area (Å²) in [6, 6.07) is 13.3. The van der Waals surface area contributed by atoms with E-state index in [1.807, 2.05) is 24.3 Å². The maximum atomic E-state index is 14.2. The molecule has 0 unspecified atom stereocenters. The third kappa shape index (κ3) is 2.79. The van der Waals surface area contributed by atoms with Crippen molar-refractivity contribution < 1.29 is 23.5 Å². The fourth-order valence-corrected chi connectivity index (χ4v) is 5.11. The van der Waals surface area contributed by atoms with Crippen LogP contribution in [-0.4, -0.2) is 47.9 Å². The van der Waals surface area contributed by atoms with Gasteiger partial charge in [-0.25, -0.2) is 9.18 Å². The van der Waals surface area contributed by atoms with Gasteiger partial charge >= 0.3 is 5.97 Å². The van der Waals surface area contributed by atoms with Crippen LogP contribution in [0.3, 0.4) is 0 Å². The maximum Gasteiger partial charge on any atom is 0.333 e. The molecule has 1 fully saturated rings. The molecule has 2 N–H and O–H groups in total. The topological polar surface area (TPSA) is 91.5 Å². The maximum absolute atomic E-state index is 14.2. The Balaban J connectivity index is 1.59. The number of H-pyrrole nitrogens is 1. The second kappa shape index (κ2) is 7.56. The van der Waals surface area contributed by atoms with Crippen molar-refractivity contribution in [2.75, 3.05) is 20.2 Å². The average Bonchev–Trinajstić information content (AvgIpc) is 3.39. The number of fused-ring (bicyclic) bond motifs is 3. The lowest BCUT2D eigenvalue weighted by atomic mass is 9.75. The molecule has 2 aromatic carbocycles. The Morgan fingerprint density at radius 1 is 1.16 bits per heavy atom. The molecule has 0 saturated carbocycles. The Hall–Kier alpha value is -3.52. The number of nitrogens with zero attached hydrogens (tertiary/aromatic N) is 1. The molecule has 3 heterocycles. The van der Waals surface area contributed by atoms with Crippen LogP contribution in [0.2, 0.25) is 0 Å². The van der Waals surface area contributed by atoms with Gasteiger partial charge in [0.15, 0.2) is 5.54 Å². The zero-order valence-corrected chi connectivity index (χ0v) is 17.5. The van der Waals surface area contributed by atoms with Gasteiger partial charge in [-0.15, -0.1) is 0 Å². The van der Waals surface area contributed by atoms with Crippen LogP contribution in [0.15, 0.2) is 48.5 Å². The summed E-state index contributed by atoms with van der Waals surface area (Å²) in [6.07, 6.45) is 0.923. The number of hydrogen-bond acceptors (Lipinski definition) is 5. The summed E-state index contributed by atoms with van der Waals surface area (Å²) >= 11 is 0. The van der Waals surface area contributed by atoms with Gasteiger partial charge in [-0.1, -0.05) is 30.3 Å². The number of likely N-dealkylation sites (tertiary alicyclic amines) is 1. The number of esters is 1. The summed E-state index contributed by atoms with van der Waals surface area (Å²) in [6.45, 7) is 0.557. The first kappa shape index (κ1) is 20.4. The molecule has 1 saturated heterocycles. The van der Waals surface area contributed by atoms with Gasteiger partial charge < -0.3 is 9.72 Å². The summed E-state index contributed by atoms with van der Waals surface area (Å²) in [5.74, 6) is -3.39. The molecule has 2 amide bonds. The molecule has 1 aromatic heterocycles. The van der Waals surface area contributed by atoms with Crippen LogP contribution in [0.1, 0.15) is 28.0 Å². The minimum Gasteiger partial charge on any atom is -0.467 e. The van der Waals surface area contributed by atoms with Crippen molar-refractivity contribution in [3.8, 4) is 0 Å². The number of amides is 2. The SMILES string of the molecule is COC(=O)[C@]1([C@H]2CCN(C(=O)c3ccccc3F)C2=O)NCCc2c1[nH]c1ccccc21. The molecular formula is C24H22FN3O4. The quantitative estimate of drug-likeness (QED) is 0.487. The summed E-state index contributed by atoms with van der Waals surface area (Å²) in [5, 5.41) is 4.23. The minimum atomic E-state index is -1.46. The van der Waals surface area contributed by atoms with Crippen molar-refractivity contribution in [1.82, 2.24) is 15.2 Å². The number of methoxy groups -OCH3 is 1. The van der Waals surface area contributed by atoms with Gasteiger partial charge in [-0.3, -0.25) is 19.8 Å². The lowest BCUT2D eigenvalue weighted by molar-refractivity contribution is -0.156. The first-order chi connectivity index (χ1) is 15.5. The van der Waals surface area contributed by atoms with E-state index in [2.05, 4.69) is 10.3 Å². The molecule has 32 heavy (non-hydrogen) atoms. The number of para-hydroxylation sites is 1. The Kier molecular flexibility index (Phi) is 4.82. The van der Waals surface area contributed by atoms with E-state index in [4.69, 9.17) is 4.74 Å². The molecule has 3 aromatic rings. The number of aromatic amines is 1. The molecule has 2 aliphatic rings. The van der Waals surface area contributed by atoms with E-state index in [9.17, 15) is 18.8 Å². The Morgan fingerprint density at radius 3 is 2.69 bits per heavy atom. The van der Waals surface area contributed by atoms with Crippen LogP contribution in [0.5, 0.6) is 0 Å². The van der Waals surface area contributed by atoms with Crippen LogP contribution in [0, 0.1) is 11.7 Å². The normalized spacial score (nSPS) is 22.8. The number of halogens is 1. The Labute approximate surface area is 183 Å². The van der Waals surface area contributed by atoms with E-state index in [0.717, 1.165) is 21.4 Å². The molecule has 164 valence electrons. The van der Waals surface area contributed by atoms with Crippen molar-refractivity contribution in [2.45, 2.75) is 18.4 Å². The lowest BCUT2D eigenvalue weighted by Gasteiger charge is -2.39. The monoisotopic (exact) mass is 435 g/mol. The number of aromatic nitrogens is 1. The molecule has 5 rings (SSSR count). The van der Waals surface area contributed by atoms with Crippen molar-refractivity contribution in [3.63, 3.8) is 0 Å². The van der Waals surface area contributed by atoms with Gasteiger partial charge in [0, 0.05) is 24.0 Å². The number of carbonyl (C=O) groups is 3. The highest BCUT2D eigenvalue weighted by molar-refractivity contribution is 6.08. The summed E-state index contributed by atoms with van der Waals surface area (Å²) in [4.78, 5) is 44.1. The fourth-order valence-electron chi connectivity index (χ4n) is 5.11. The number of imide groups is 1. The highest BCUT2D eigenvalue weighted by Crippen LogP contribution is 2.43. The van der Waals surface area contributed by atoms with E-state index in [0.29, 0.717) is 18.7 Å². The first-order valence-corrected chi connectivity index (χ1v) is 10.5. The number of hydrogen-bond donors (Lipinski definition) is 2. The van der Waals surface area contributed by atoms with Gasteiger partial charge in [0.05, 0.1) is 24.3 Å². The van der Waals surface area contributed by atoms with Gasteiger partial charge in [0.1, 0.15) is 5.82 Å². The van der Waals surface area contributed by atoms with Crippen molar-refractivity contribution in [2.24, 2.45) is 5.92 Å². The number of ether oxygens (including phenoxy) is 1. The van der Waals surface area contributed by atoms with Crippen LogP contribution in [0.25, 0.3) is 10.9 Å². The number of nitrogens with one attached hydrogen (secondary N) is 2. The third-order valence-electron chi connectivity index (χ3n) is 6.57. The van der Waals surface area contributed by atoms with Crippen LogP contribution >= 0.6 is 0 Å². The molecule has 8 heteroatoms. The third-order valence-corrected chi connectivity index (χ3v) is 6.57. The summed E-state index contributed by atoms with van der Waals surface area (Å²) < 4.78 is 19.4.